The summed E-state index contributed by atoms with van der Waals surface area (Å²) in [4.78, 5) is 1.16. The van der Waals surface area contributed by atoms with Gasteiger partial charge in [-0.15, -0.1) is 11.8 Å². The third-order valence-corrected chi connectivity index (χ3v) is 4.67. The van der Waals surface area contributed by atoms with Crippen molar-refractivity contribution >= 4 is 11.8 Å². The summed E-state index contributed by atoms with van der Waals surface area (Å²) in [5.74, 6) is 1.68. The lowest BCUT2D eigenvalue weighted by atomic mass is 10.0. The molecule has 2 aromatic carbocycles. The molecule has 2 nitrogen and oxygen atoms in total. The zero-order valence-electron chi connectivity index (χ0n) is 11.5. The molecule has 0 bridgehead atoms. The molecule has 1 N–H and O–H groups in total. The lowest BCUT2D eigenvalue weighted by Gasteiger charge is -2.29. The summed E-state index contributed by atoms with van der Waals surface area (Å²) in [7, 11) is 0. The van der Waals surface area contributed by atoms with Gasteiger partial charge in [0.15, 0.2) is 0 Å². The van der Waals surface area contributed by atoms with Crippen LogP contribution in [0.1, 0.15) is 11.1 Å². The molecular weight excluding hydrogens is 268 g/mol. The number of aliphatic hydroxyl groups is 1. The standard InChI is InChI=1S/C17H18O2S/c1-12-6-8-13(9-7-12)10-14(18)16-11-20-17-5-3-2-4-15(17)19-16/h2-9,14,16,18H,10-11H2,1H3. The van der Waals surface area contributed by atoms with E-state index in [2.05, 4.69) is 37.3 Å². The van der Waals surface area contributed by atoms with Crippen LogP contribution < -0.4 is 4.74 Å². The number of fused-ring (bicyclic) bond motifs is 1. The minimum atomic E-state index is -0.474. The number of aryl methyl sites for hydroxylation is 1. The van der Waals surface area contributed by atoms with Gasteiger partial charge in [0, 0.05) is 17.1 Å². The summed E-state index contributed by atoms with van der Waals surface area (Å²) in [5.41, 5.74) is 2.39. The van der Waals surface area contributed by atoms with Crippen molar-refractivity contribution in [3.8, 4) is 5.75 Å². The van der Waals surface area contributed by atoms with Crippen LogP contribution >= 0.6 is 11.8 Å². The third kappa shape index (κ3) is 3.00. The first-order valence-electron chi connectivity index (χ1n) is 6.84. The van der Waals surface area contributed by atoms with E-state index in [1.807, 2.05) is 18.2 Å². The summed E-state index contributed by atoms with van der Waals surface area (Å²) < 4.78 is 5.92. The second kappa shape index (κ2) is 5.90. The normalized spacial score (nSPS) is 19.0. The summed E-state index contributed by atoms with van der Waals surface area (Å²) in [6, 6.07) is 16.3. The molecule has 0 aliphatic carbocycles. The topological polar surface area (TPSA) is 29.5 Å². The minimum absolute atomic E-state index is 0.142. The zero-order valence-corrected chi connectivity index (χ0v) is 12.3. The van der Waals surface area contributed by atoms with Crippen molar-refractivity contribution in [1.82, 2.24) is 0 Å². The zero-order chi connectivity index (χ0) is 13.9. The maximum absolute atomic E-state index is 10.4. The van der Waals surface area contributed by atoms with E-state index in [0.717, 1.165) is 22.0 Å². The molecule has 2 aromatic rings. The van der Waals surface area contributed by atoms with Gasteiger partial charge in [-0.25, -0.2) is 0 Å². The summed E-state index contributed by atoms with van der Waals surface area (Å²) in [5, 5.41) is 10.4. The fourth-order valence-corrected chi connectivity index (χ4v) is 3.39. The van der Waals surface area contributed by atoms with Crippen LogP contribution in [0.15, 0.2) is 53.4 Å². The highest BCUT2D eigenvalue weighted by Gasteiger charge is 2.26. The van der Waals surface area contributed by atoms with E-state index in [1.54, 1.807) is 11.8 Å². The monoisotopic (exact) mass is 286 g/mol. The molecule has 2 atom stereocenters. The van der Waals surface area contributed by atoms with Gasteiger partial charge in [-0.3, -0.25) is 0 Å². The van der Waals surface area contributed by atoms with Crippen LogP contribution in [0.4, 0.5) is 0 Å². The fraction of sp³-hybridized carbons (Fsp3) is 0.294. The Kier molecular flexibility index (Phi) is 3.99. The Morgan fingerprint density at radius 1 is 1.20 bits per heavy atom. The Morgan fingerprint density at radius 3 is 2.75 bits per heavy atom. The molecule has 0 aromatic heterocycles. The third-order valence-electron chi connectivity index (χ3n) is 3.53. The highest BCUT2D eigenvalue weighted by atomic mass is 32.2. The van der Waals surface area contributed by atoms with Gasteiger partial charge in [-0.05, 0) is 24.6 Å². The van der Waals surface area contributed by atoms with Gasteiger partial charge < -0.3 is 9.84 Å². The van der Waals surface area contributed by atoms with E-state index in [4.69, 9.17) is 4.74 Å². The summed E-state index contributed by atoms with van der Waals surface area (Å²) >= 11 is 1.75. The number of benzene rings is 2. The van der Waals surface area contributed by atoms with Crippen molar-refractivity contribution in [2.75, 3.05) is 5.75 Å². The van der Waals surface area contributed by atoms with E-state index in [-0.39, 0.29) is 6.10 Å². The highest BCUT2D eigenvalue weighted by molar-refractivity contribution is 7.99. The molecule has 104 valence electrons. The molecule has 1 heterocycles. The molecule has 0 radical (unpaired) electrons. The molecule has 0 amide bonds. The van der Waals surface area contributed by atoms with E-state index >= 15 is 0 Å². The largest absolute Gasteiger partial charge is 0.486 e. The van der Waals surface area contributed by atoms with Crippen molar-refractivity contribution in [3.05, 3.63) is 59.7 Å². The maximum atomic E-state index is 10.4. The second-order valence-electron chi connectivity index (χ2n) is 5.17. The molecule has 0 fully saturated rings. The van der Waals surface area contributed by atoms with Crippen LogP contribution in [0.5, 0.6) is 5.75 Å². The smallest absolute Gasteiger partial charge is 0.134 e. The van der Waals surface area contributed by atoms with Gasteiger partial charge in [-0.2, -0.15) is 0 Å². The van der Waals surface area contributed by atoms with Crippen LogP contribution in [0.25, 0.3) is 0 Å². The number of hydrogen-bond donors (Lipinski definition) is 1. The molecule has 1 aliphatic heterocycles. The predicted octanol–water partition coefficient (Wildman–Crippen LogP) is 3.45. The van der Waals surface area contributed by atoms with Gasteiger partial charge in [0.1, 0.15) is 11.9 Å². The first kappa shape index (κ1) is 13.5. The Labute approximate surface area is 123 Å². The van der Waals surface area contributed by atoms with E-state index in [1.165, 1.54) is 5.56 Å². The maximum Gasteiger partial charge on any atom is 0.134 e. The first-order valence-corrected chi connectivity index (χ1v) is 7.83. The van der Waals surface area contributed by atoms with Crippen LogP contribution in [0, 0.1) is 6.92 Å². The Bertz CT molecular complexity index is 580. The van der Waals surface area contributed by atoms with Gasteiger partial charge in [0.05, 0.1) is 6.10 Å². The van der Waals surface area contributed by atoms with Crippen LogP contribution in [0.2, 0.25) is 0 Å². The highest BCUT2D eigenvalue weighted by Crippen LogP contribution is 2.36. The molecule has 2 unspecified atom stereocenters. The Balaban J connectivity index is 1.67. The molecule has 0 saturated heterocycles. The predicted molar refractivity (Wildman–Crippen MR) is 82.5 cm³/mol. The van der Waals surface area contributed by atoms with Crippen LogP contribution in [-0.4, -0.2) is 23.1 Å². The summed E-state index contributed by atoms with van der Waals surface area (Å²) in [6.45, 7) is 2.07. The minimum Gasteiger partial charge on any atom is -0.486 e. The average Bonchev–Trinajstić information content (AvgIpc) is 2.49. The lowest BCUT2D eigenvalue weighted by molar-refractivity contribution is 0.0468. The molecule has 0 spiro atoms. The quantitative estimate of drug-likeness (QED) is 0.937. The summed E-state index contributed by atoms with van der Waals surface area (Å²) in [6.07, 6.45) is 0.0167. The molecule has 0 saturated carbocycles. The number of rotatable bonds is 3. The van der Waals surface area contributed by atoms with Gasteiger partial charge >= 0.3 is 0 Å². The first-order chi connectivity index (χ1) is 9.72. The van der Waals surface area contributed by atoms with Crippen molar-refractivity contribution < 1.29 is 9.84 Å². The van der Waals surface area contributed by atoms with E-state index in [0.29, 0.717) is 6.42 Å². The Morgan fingerprint density at radius 2 is 1.95 bits per heavy atom. The van der Waals surface area contributed by atoms with Crippen molar-refractivity contribution in [2.45, 2.75) is 30.4 Å². The van der Waals surface area contributed by atoms with Gasteiger partial charge in [0.2, 0.25) is 0 Å². The van der Waals surface area contributed by atoms with Crippen molar-refractivity contribution in [3.63, 3.8) is 0 Å². The molecule has 3 heteroatoms. The number of para-hydroxylation sites is 1. The molecule has 1 aliphatic rings. The van der Waals surface area contributed by atoms with E-state index < -0.39 is 6.10 Å². The average molecular weight is 286 g/mol. The van der Waals surface area contributed by atoms with Crippen molar-refractivity contribution in [2.24, 2.45) is 0 Å². The molecule has 20 heavy (non-hydrogen) atoms. The molecular formula is C17H18O2S. The Hall–Kier alpha value is -1.45. The van der Waals surface area contributed by atoms with Crippen LogP contribution in [0.3, 0.4) is 0 Å². The second-order valence-corrected chi connectivity index (χ2v) is 6.23. The SMILES string of the molecule is Cc1ccc(CC(O)C2CSc3ccccc3O2)cc1. The number of ether oxygens (including phenoxy) is 1. The van der Waals surface area contributed by atoms with E-state index in [9.17, 15) is 5.11 Å². The number of hydrogen-bond acceptors (Lipinski definition) is 3. The van der Waals surface area contributed by atoms with Gasteiger partial charge in [-0.1, -0.05) is 42.0 Å². The van der Waals surface area contributed by atoms with Crippen LogP contribution in [-0.2, 0) is 6.42 Å². The number of aliphatic hydroxyl groups excluding tert-OH is 1. The lowest BCUT2D eigenvalue weighted by Crippen LogP contribution is -2.37. The van der Waals surface area contributed by atoms with Crippen molar-refractivity contribution in [1.29, 1.82) is 0 Å². The van der Waals surface area contributed by atoms with Gasteiger partial charge in [0.25, 0.3) is 0 Å². The fourth-order valence-electron chi connectivity index (χ4n) is 2.32. The number of thioether (sulfide) groups is 1. The molecule has 3 rings (SSSR count).